The predicted octanol–water partition coefficient (Wildman–Crippen LogP) is 4.03. The van der Waals surface area contributed by atoms with E-state index < -0.39 is 0 Å². The number of ether oxygens (including phenoxy) is 2. The van der Waals surface area contributed by atoms with Gasteiger partial charge < -0.3 is 14.4 Å². The van der Waals surface area contributed by atoms with Crippen molar-refractivity contribution < 1.29 is 14.3 Å². The van der Waals surface area contributed by atoms with Crippen LogP contribution in [0.4, 0.5) is 0 Å². The number of piperidine rings is 1. The minimum Gasteiger partial charge on any atom is -0.493 e. The molecule has 3 rings (SSSR count). The van der Waals surface area contributed by atoms with E-state index in [1.54, 1.807) is 18.4 Å². The highest BCUT2D eigenvalue weighted by molar-refractivity contribution is 7.09. The predicted molar refractivity (Wildman–Crippen MR) is 121 cm³/mol. The van der Waals surface area contributed by atoms with E-state index in [0.29, 0.717) is 37.7 Å². The van der Waals surface area contributed by atoms with Gasteiger partial charge in [0.1, 0.15) is 6.61 Å². The van der Waals surface area contributed by atoms with Gasteiger partial charge in [-0.2, -0.15) is 0 Å². The second kappa shape index (κ2) is 11.1. The Kier molecular flexibility index (Phi) is 8.18. The average Bonchev–Trinajstić information content (AvgIpc) is 3.30. The summed E-state index contributed by atoms with van der Waals surface area (Å²) in [6.45, 7) is 6.25. The molecule has 5 nitrogen and oxygen atoms in total. The molecule has 1 aromatic heterocycles. The molecule has 1 fully saturated rings. The Morgan fingerprint density at radius 3 is 2.73 bits per heavy atom. The van der Waals surface area contributed by atoms with Gasteiger partial charge in [0.05, 0.1) is 13.7 Å². The molecule has 0 spiro atoms. The molecule has 0 aliphatic carbocycles. The Morgan fingerprint density at radius 1 is 1.30 bits per heavy atom. The van der Waals surface area contributed by atoms with Gasteiger partial charge in [-0.3, -0.25) is 9.69 Å². The summed E-state index contributed by atoms with van der Waals surface area (Å²) in [6, 6.07) is 9.97. The van der Waals surface area contributed by atoms with Crippen LogP contribution in [0, 0.1) is 18.3 Å². The molecule has 2 aromatic rings. The van der Waals surface area contributed by atoms with E-state index in [1.807, 2.05) is 47.5 Å². The Balaban J connectivity index is 1.60. The average molecular weight is 427 g/mol. The maximum absolute atomic E-state index is 13.1. The molecule has 30 heavy (non-hydrogen) atoms. The maximum Gasteiger partial charge on any atom is 0.226 e. The number of terminal acetylenes is 1. The van der Waals surface area contributed by atoms with Crippen molar-refractivity contribution in [2.45, 2.75) is 32.9 Å². The molecular formula is C24H30N2O3S. The molecule has 1 saturated heterocycles. The van der Waals surface area contributed by atoms with Crippen LogP contribution in [0.25, 0.3) is 0 Å². The summed E-state index contributed by atoms with van der Waals surface area (Å²) < 4.78 is 11.5. The molecule has 0 bridgehead atoms. The highest BCUT2D eigenvalue weighted by Gasteiger charge is 2.28. The number of hydrogen-bond donors (Lipinski definition) is 0. The Morgan fingerprint density at radius 2 is 2.10 bits per heavy atom. The highest BCUT2D eigenvalue weighted by Crippen LogP contribution is 2.30. The van der Waals surface area contributed by atoms with Gasteiger partial charge in [0.2, 0.25) is 5.91 Å². The molecule has 1 amide bonds. The summed E-state index contributed by atoms with van der Waals surface area (Å²) in [6.07, 6.45) is 7.14. The smallest absolute Gasteiger partial charge is 0.226 e. The first-order valence-corrected chi connectivity index (χ1v) is 11.3. The third kappa shape index (κ3) is 5.78. The van der Waals surface area contributed by atoms with Crippen molar-refractivity contribution in [3.63, 3.8) is 0 Å². The molecule has 0 unspecified atom stereocenters. The molecule has 0 N–H and O–H groups in total. The van der Waals surface area contributed by atoms with Gasteiger partial charge in [-0.15, -0.1) is 17.8 Å². The van der Waals surface area contributed by atoms with Crippen molar-refractivity contribution >= 4 is 17.2 Å². The SMILES string of the molecule is C#CCN1CCC(C(=O)N(CC)Cc2ccc(OCc3cccs3)c(OC)c2)CC1. The second-order valence-corrected chi connectivity index (χ2v) is 8.49. The maximum atomic E-state index is 13.1. The number of hydrogen-bond acceptors (Lipinski definition) is 5. The zero-order chi connectivity index (χ0) is 21.3. The minimum absolute atomic E-state index is 0.0780. The van der Waals surface area contributed by atoms with Crippen LogP contribution >= 0.6 is 11.3 Å². The lowest BCUT2D eigenvalue weighted by Crippen LogP contribution is -2.42. The molecule has 1 aliphatic heterocycles. The summed E-state index contributed by atoms with van der Waals surface area (Å²) in [5, 5.41) is 2.04. The van der Waals surface area contributed by atoms with Crippen molar-refractivity contribution in [3.05, 3.63) is 46.2 Å². The van der Waals surface area contributed by atoms with Gasteiger partial charge in [0, 0.05) is 23.9 Å². The third-order valence-electron chi connectivity index (χ3n) is 5.50. The summed E-state index contributed by atoms with van der Waals surface area (Å²) >= 11 is 1.67. The second-order valence-electron chi connectivity index (χ2n) is 7.46. The largest absolute Gasteiger partial charge is 0.493 e. The topological polar surface area (TPSA) is 42.0 Å². The zero-order valence-electron chi connectivity index (χ0n) is 17.8. The Hall–Kier alpha value is -2.49. The number of methoxy groups -OCH3 is 1. The lowest BCUT2D eigenvalue weighted by molar-refractivity contribution is -0.137. The molecule has 160 valence electrons. The van der Waals surface area contributed by atoms with E-state index in [2.05, 4.69) is 10.8 Å². The van der Waals surface area contributed by atoms with Crippen LogP contribution in [-0.2, 0) is 17.9 Å². The van der Waals surface area contributed by atoms with Crippen molar-refractivity contribution in [3.8, 4) is 23.8 Å². The van der Waals surface area contributed by atoms with Gasteiger partial charge in [-0.05, 0) is 62.0 Å². The molecule has 0 atom stereocenters. The molecule has 1 aromatic carbocycles. The lowest BCUT2D eigenvalue weighted by Gasteiger charge is -2.33. The van der Waals surface area contributed by atoms with Crippen molar-refractivity contribution in [1.82, 2.24) is 9.80 Å². The molecule has 0 radical (unpaired) electrons. The Labute approximate surface area is 183 Å². The van der Waals surface area contributed by atoms with Crippen LogP contribution in [0.5, 0.6) is 11.5 Å². The molecule has 6 heteroatoms. The quantitative estimate of drug-likeness (QED) is 0.568. The zero-order valence-corrected chi connectivity index (χ0v) is 18.6. The molecule has 1 aliphatic rings. The van der Waals surface area contributed by atoms with Crippen LogP contribution in [0.1, 0.15) is 30.2 Å². The number of nitrogens with zero attached hydrogens (tertiary/aromatic N) is 2. The normalized spacial score (nSPS) is 14.8. The number of carbonyl (C=O) groups is 1. The molecular weight excluding hydrogens is 396 g/mol. The van der Waals surface area contributed by atoms with Crippen LogP contribution in [0.15, 0.2) is 35.7 Å². The number of rotatable bonds is 9. The number of amides is 1. The number of likely N-dealkylation sites (tertiary alicyclic amines) is 1. The van der Waals surface area contributed by atoms with E-state index in [4.69, 9.17) is 15.9 Å². The molecule has 2 heterocycles. The fourth-order valence-electron chi connectivity index (χ4n) is 3.76. The number of benzene rings is 1. The summed E-state index contributed by atoms with van der Waals surface area (Å²) in [5.74, 6) is 4.40. The van der Waals surface area contributed by atoms with Gasteiger partial charge in [0.15, 0.2) is 11.5 Å². The molecule has 0 saturated carbocycles. The summed E-state index contributed by atoms with van der Waals surface area (Å²) in [7, 11) is 1.64. The van der Waals surface area contributed by atoms with Gasteiger partial charge >= 0.3 is 0 Å². The first-order chi connectivity index (χ1) is 14.6. The van der Waals surface area contributed by atoms with Crippen LogP contribution in [-0.4, -0.2) is 49.0 Å². The van der Waals surface area contributed by atoms with E-state index in [0.717, 1.165) is 36.4 Å². The monoisotopic (exact) mass is 426 g/mol. The number of carbonyl (C=O) groups excluding carboxylic acids is 1. The number of thiophene rings is 1. The third-order valence-corrected chi connectivity index (χ3v) is 6.35. The van der Waals surface area contributed by atoms with Crippen LogP contribution in [0.2, 0.25) is 0 Å². The van der Waals surface area contributed by atoms with Crippen LogP contribution < -0.4 is 9.47 Å². The van der Waals surface area contributed by atoms with Crippen LogP contribution in [0.3, 0.4) is 0 Å². The minimum atomic E-state index is 0.0780. The fraction of sp³-hybridized carbons (Fsp3) is 0.458. The van der Waals surface area contributed by atoms with Gasteiger partial charge in [-0.1, -0.05) is 18.1 Å². The van der Waals surface area contributed by atoms with Crippen molar-refractivity contribution in [2.75, 3.05) is 33.3 Å². The van der Waals surface area contributed by atoms with E-state index in [9.17, 15) is 4.79 Å². The van der Waals surface area contributed by atoms with Crippen molar-refractivity contribution in [2.24, 2.45) is 5.92 Å². The first kappa shape index (κ1) is 22.2. The Bertz CT molecular complexity index is 852. The summed E-state index contributed by atoms with van der Waals surface area (Å²) in [4.78, 5) is 18.4. The van der Waals surface area contributed by atoms with E-state index in [-0.39, 0.29) is 11.8 Å². The van der Waals surface area contributed by atoms with E-state index >= 15 is 0 Å². The summed E-state index contributed by atoms with van der Waals surface area (Å²) in [5.41, 5.74) is 1.04. The first-order valence-electron chi connectivity index (χ1n) is 10.4. The van der Waals surface area contributed by atoms with Gasteiger partial charge in [-0.25, -0.2) is 0 Å². The van der Waals surface area contributed by atoms with Crippen molar-refractivity contribution in [1.29, 1.82) is 0 Å². The lowest BCUT2D eigenvalue weighted by atomic mass is 9.95. The van der Waals surface area contributed by atoms with Gasteiger partial charge in [0.25, 0.3) is 0 Å². The highest BCUT2D eigenvalue weighted by atomic mass is 32.1. The fourth-order valence-corrected chi connectivity index (χ4v) is 4.38. The standard InChI is InChI=1S/C24H30N2O3S/c1-4-12-25-13-10-20(11-14-25)24(27)26(5-2)17-19-8-9-22(23(16-19)28-3)29-18-21-7-6-15-30-21/h1,6-9,15-16,20H,5,10-14,17-18H2,2-3H3. The van der Waals surface area contributed by atoms with E-state index in [1.165, 1.54) is 0 Å².